The number of benzene rings is 1. The van der Waals surface area contributed by atoms with E-state index >= 15 is 0 Å². The molecule has 0 aromatic heterocycles. The smallest absolute Gasteiger partial charge is 0.123 e. The molecule has 0 radical (unpaired) electrons. The topological polar surface area (TPSA) is 21.3 Å². The van der Waals surface area contributed by atoms with Crippen molar-refractivity contribution in [3.63, 3.8) is 0 Å². The van der Waals surface area contributed by atoms with Crippen LogP contribution in [0.2, 0.25) is 5.02 Å². The molecule has 2 nitrogen and oxygen atoms in total. The lowest BCUT2D eigenvalue weighted by Crippen LogP contribution is -2.34. The van der Waals surface area contributed by atoms with Gasteiger partial charge in [-0.05, 0) is 30.7 Å². The van der Waals surface area contributed by atoms with Crippen LogP contribution in [0.25, 0.3) is 0 Å². The number of halogens is 1. The van der Waals surface area contributed by atoms with Crippen molar-refractivity contribution in [2.24, 2.45) is 5.92 Å². The van der Waals surface area contributed by atoms with Gasteiger partial charge in [-0.1, -0.05) is 25.4 Å². The predicted octanol–water partition coefficient (Wildman–Crippen LogP) is 3.88. The van der Waals surface area contributed by atoms with Crippen LogP contribution in [0.15, 0.2) is 12.1 Å². The first-order chi connectivity index (χ1) is 8.60. The molecule has 0 saturated carbocycles. The molecule has 2 unspecified atom stereocenters. The van der Waals surface area contributed by atoms with Crippen LogP contribution in [-0.4, -0.2) is 19.4 Å². The minimum atomic E-state index is 0.293. The first-order valence-electron chi connectivity index (χ1n) is 6.24. The molecular formula is C14H20ClNOS. The number of hydrogen-bond donors (Lipinski definition) is 1. The normalized spacial score (nSPS) is 23.0. The standard InChI is InChI=1S/C14H20ClNOS/c1-8(2)14-13(16-3)12-9(7-18-14)11(17-4)6-5-10(12)15/h5-6,8,13-14,16H,7H2,1-4H3. The van der Waals surface area contributed by atoms with Crippen molar-refractivity contribution in [2.45, 2.75) is 30.9 Å². The van der Waals surface area contributed by atoms with Crippen molar-refractivity contribution < 1.29 is 4.74 Å². The minimum Gasteiger partial charge on any atom is -0.496 e. The van der Waals surface area contributed by atoms with Crippen LogP contribution >= 0.6 is 23.4 Å². The van der Waals surface area contributed by atoms with Gasteiger partial charge in [0.25, 0.3) is 0 Å². The van der Waals surface area contributed by atoms with E-state index in [0.717, 1.165) is 16.5 Å². The Morgan fingerprint density at radius 3 is 2.72 bits per heavy atom. The van der Waals surface area contributed by atoms with E-state index in [1.165, 1.54) is 11.1 Å². The second-order valence-corrected chi connectivity index (χ2v) is 6.50. The fourth-order valence-electron chi connectivity index (χ4n) is 2.62. The molecule has 0 fully saturated rings. The van der Waals surface area contributed by atoms with E-state index in [0.29, 0.717) is 17.2 Å². The Balaban J connectivity index is 2.51. The van der Waals surface area contributed by atoms with Crippen molar-refractivity contribution in [2.75, 3.05) is 14.2 Å². The summed E-state index contributed by atoms with van der Waals surface area (Å²) < 4.78 is 5.46. The maximum absolute atomic E-state index is 6.41. The van der Waals surface area contributed by atoms with E-state index in [1.807, 2.05) is 30.9 Å². The molecule has 1 aromatic carbocycles. The van der Waals surface area contributed by atoms with Crippen molar-refractivity contribution in [1.82, 2.24) is 5.32 Å². The quantitative estimate of drug-likeness (QED) is 0.911. The number of rotatable bonds is 3. The fourth-order valence-corrected chi connectivity index (χ4v) is 4.42. The van der Waals surface area contributed by atoms with Crippen molar-refractivity contribution in [3.05, 3.63) is 28.3 Å². The Kier molecular flexibility index (Phi) is 4.46. The van der Waals surface area contributed by atoms with Gasteiger partial charge in [0.15, 0.2) is 0 Å². The van der Waals surface area contributed by atoms with Gasteiger partial charge in [0.2, 0.25) is 0 Å². The van der Waals surface area contributed by atoms with Gasteiger partial charge in [0.05, 0.1) is 7.11 Å². The molecule has 4 heteroatoms. The molecule has 1 aliphatic heterocycles. The molecule has 1 heterocycles. The summed E-state index contributed by atoms with van der Waals surface area (Å²) in [5, 5.41) is 4.81. The SMILES string of the molecule is CNC1c2c(Cl)ccc(OC)c2CSC1C(C)C. The van der Waals surface area contributed by atoms with Gasteiger partial charge in [-0.2, -0.15) is 11.8 Å². The number of nitrogens with one attached hydrogen (secondary N) is 1. The van der Waals surface area contributed by atoms with Gasteiger partial charge in [-0.15, -0.1) is 0 Å². The zero-order valence-electron chi connectivity index (χ0n) is 11.3. The number of thioether (sulfide) groups is 1. The van der Waals surface area contributed by atoms with Crippen molar-refractivity contribution in [3.8, 4) is 5.75 Å². The summed E-state index contributed by atoms with van der Waals surface area (Å²) in [4.78, 5) is 0. The van der Waals surface area contributed by atoms with E-state index < -0.39 is 0 Å². The molecule has 1 aliphatic rings. The highest BCUT2D eigenvalue weighted by atomic mass is 35.5. The van der Waals surface area contributed by atoms with E-state index in [-0.39, 0.29) is 0 Å². The van der Waals surface area contributed by atoms with E-state index in [1.54, 1.807) is 7.11 Å². The molecule has 0 spiro atoms. The van der Waals surface area contributed by atoms with Crippen LogP contribution in [-0.2, 0) is 5.75 Å². The zero-order chi connectivity index (χ0) is 13.3. The van der Waals surface area contributed by atoms with Gasteiger partial charge < -0.3 is 10.1 Å². The third-order valence-corrected chi connectivity index (χ3v) is 5.49. The average Bonchev–Trinajstić information content (AvgIpc) is 2.37. The monoisotopic (exact) mass is 285 g/mol. The second kappa shape index (κ2) is 5.72. The van der Waals surface area contributed by atoms with Gasteiger partial charge in [-0.25, -0.2) is 0 Å². The third kappa shape index (κ3) is 2.36. The van der Waals surface area contributed by atoms with Crippen LogP contribution in [0.3, 0.4) is 0 Å². The summed E-state index contributed by atoms with van der Waals surface area (Å²) >= 11 is 8.39. The number of hydrogen-bond acceptors (Lipinski definition) is 3. The highest BCUT2D eigenvalue weighted by Gasteiger charge is 2.34. The van der Waals surface area contributed by atoms with Crippen LogP contribution in [0, 0.1) is 5.92 Å². The van der Waals surface area contributed by atoms with Gasteiger partial charge >= 0.3 is 0 Å². The third-order valence-electron chi connectivity index (χ3n) is 3.51. The van der Waals surface area contributed by atoms with E-state index in [2.05, 4.69) is 19.2 Å². The average molecular weight is 286 g/mol. The Morgan fingerprint density at radius 1 is 1.44 bits per heavy atom. The summed E-state index contributed by atoms with van der Waals surface area (Å²) in [5.41, 5.74) is 2.46. The van der Waals surface area contributed by atoms with Crippen LogP contribution in [0.4, 0.5) is 0 Å². The molecular weight excluding hydrogens is 266 g/mol. The molecule has 0 bridgehead atoms. The van der Waals surface area contributed by atoms with E-state index in [4.69, 9.17) is 16.3 Å². The number of ether oxygens (including phenoxy) is 1. The lowest BCUT2D eigenvalue weighted by atomic mass is 9.92. The second-order valence-electron chi connectivity index (χ2n) is 4.93. The summed E-state index contributed by atoms with van der Waals surface area (Å²) in [6.07, 6.45) is 0. The van der Waals surface area contributed by atoms with Crippen molar-refractivity contribution >= 4 is 23.4 Å². The fraction of sp³-hybridized carbons (Fsp3) is 0.571. The first-order valence-corrected chi connectivity index (χ1v) is 7.67. The lowest BCUT2D eigenvalue weighted by Gasteiger charge is -2.36. The number of fused-ring (bicyclic) bond motifs is 1. The van der Waals surface area contributed by atoms with Crippen LogP contribution in [0.5, 0.6) is 5.75 Å². The maximum Gasteiger partial charge on any atom is 0.123 e. The van der Waals surface area contributed by atoms with Crippen LogP contribution in [0.1, 0.15) is 31.0 Å². The molecule has 1 N–H and O–H groups in total. The van der Waals surface area contributed by atoms with Crippen molar-refractivity contribution in [1.29, 1.82) is 0 Å². The Labute approximate surface area is 118 Å². The summed E-state index contributed by atoms with van der Waals surface area (Å²) in [7, 11) is 3.72. The van der Waals surface area contributed by atoms with E-state index in [9.17, 15) is 0 Å². The highest BCUT2D eigenvalue weighted by Crippen LogP contribution is 2.46. The predicted molar refractivity (Wildman–Crippen MR) is 79.7 cm³/mol. The largest absolute Gasteiger partial charge is 0.496 e. The van der Waals surface area contributed by atoms with Gasteiger partial charge in [0.1, 0.15) is 5.75 Å². The molecule has 0 aliphatic carbocycles. The molecule has 1 aromatic rings. The molecule has 0 amide bonds. The molecule has 18 heavy (non-hydrogen) atoms. The Bertz CT molecular complexity index is 436. The molecule has 100 valence electrons. The Hall–Kier alpha value is -0.380. The maximum atomic E-state index is 6.41. The van der Waals surface area contributed by atoms with Gasteiger partial charge in [-0.3, -0.25) is 0 Å². The molecule has 2 rings (SSSR count). The summed E-state index contributed by atoms with van der Waals surface area (Å²) in [5.74, 6) is 2.53. The lowest BCUT2D eigenvalue weighted by molar-refractivity contribution is 0.405. The first kappa shape index (κ1) is 14.0. The van der Waals surface area contributed by atoms with Crippen LogP contribution < -0.4 is 10.1 Å². The minimum absolute atomic E-state index is 0.293. The Morgan fingerprint density at radius 2 is 2.17 bits per heavy atom. The molecule has 2 atom stereocenters. The highest BCUT2D eigenvalue weighted by molar-refractivity contribution is 7.99. The summed E-state index contributed by atoms with van der Waals surface area (Å²) in [6.45, 7) is 4.53. The number of methoxy groups -OCH3 is 1. The van der Waals surface area contributed by atoms with Gasteiger partial charge in [0, 0.05) is 27.6 Å². The molecule has 0 saturated heterocycles. The summed E-state index contributed by atoms with van der Waals surface area (Å²) in [6, 6.07) is 4.20. The zero-order valence-corrected chi connectivity index (χ0v) is 12.9.